The largest absolute Gasteiger partial charge is 0.465 e. The summed E-state index contributed by atoms with van der Waals surface area (Å²) in [5, 5.41) is 13.5. The molecule has 10 heteroatoms. The predicted octanol–water partition coefficient (Wildman–Crippen LogP) is 2.86. The monoisotopic (exact) mass is 406 g/mol. The Morgan fingerprint density at radius 3 is 2.63 bits per heavy atom. The van der Waals surface area contributed by atoms with E-state index in [2.05, 4.69) is 10.1 Å². The molecule has 0 radical (unpaired) electrons. The van der Waals surface area contributed by atoms with Gasteiger partial charge >= 0.3 is 6.09 Å². The van der Waals surface area contributed by atoms with Gasteiger partial charge in [0.1, 0.15) is 0 Å². The Morgan fingerprint density at radius 1 is 1.26 bits per heavy atom. The van der Waals surface area contributed by atoms with Gasteiger partial charge in [-0.05, 0) is 24.3 Å². The molecule has 140 valence electrons. The number of benzene rings is 1. The second-order valence-corrected chi connectivity index (χ2v) is 7.97. The van der Waals surface area contributed by atoms with Crippen LogP contribution in [0.1, 0.15) is 5.69 Å². The third-order valence-electron chi connectivity index (χ3n) is 3.75. The van der Waals surface area contributed by atoms with Crippen molar-refractivity contribution in [3.8, 4) is 5.69 Å². The molecule has 0 atom stereocenters. The quantitative estimate of drug-likeness (QED) is 0.698. The van der Waals surface area contributed by atoms with Crippen molar-refractivity contribution in [3.05, 3.63) is 65.6 Å². The molecule has 0 aliphatic carbocycles. The average molecular weight is 407 g/mol. The first-order valence-corrected chi connectivity index (χ1v) is 9.60. The molecule has 2 heterocycles. The number of para-hydroxylation sites is 1. The van der Waals surface area contributed by atoms with Crippen molar-refractivity contribution < 1.29 is 18.3 Å². The van der Waals surface area contributed by atoms with Crippen LogP contribution in [0.2, 0.25) is 5.02 Å². The summed E-state index contributed by atoms with van der Waals surface area (Å²) in [6.45, 7) is -0.0810. The van der Waals surface area contributed by atoms with Crippen LogP contribution in [0.25, 0.3) is 5.69 Å². The molecule has 0 spiro atoms. The number of sulfone groups is 1. The van der Waals surface area contributed by atoms with Gasteiger partial charge in [-0.15, -0.1) is 0 Å². The third kappa shape index (κ3) is 3.79. The maximum atomic E-state index is 13.1. The molecule has 1 N–H and O–H groups in total. The van der Waals surface area contributed by atoms with Gasteiger partial charge in [0.05, 0.1) is 27.8 Å². The van der Waals surface area contributed by atoms with E-state index in [0.29, 0.717) is 10.7 Å². The molecule has 0 aliphatic rings. The molecule has 1 aromatic carbocycles. The van der Waals surface area contributed by atoms with Crippen molar-refractivity contribution >= 4 is 27.5 Å². The lowest BCUT2D eigenvalue weighted by molar-refractivity contribution is 0.153. The minimum absolute atomic E-state index is 0.00339. The van der Waals surface area contributed by atoms with E-state index in [4.69, 9.17) is 16.7 Å². The Morgan fingerprint density at radius 2 is 2.00 bits per heavy atom. The van der Waals surface area contributed by atoms with Crippen LogP contribution in [0.5, 0.6) is 0 Å². The minimum atomic E-state index is -3.96. The number of carboxylic acid groups (broad SMARTS) is 1. The number of amides is 1. The highest BCUT2D eigenvalue weighted by Crippen LogP contribution is 2.27. The average Bonchev–Trinajstić information content (AvgIpc) is 3.07. The topological polar surface area (TPSA) is 105 Å². The fraction of sp³-hybridized carbons (Fsp3) is 0.118. The lowest BCUT2D eigenvalue weighted by atomic mass is 10.3. The maximum absolute atomic E-state index is 13.1. The van der Waals surface area contributed by atoms with E-state index in [-0.39, 0.29) is 22.2 Å². The van der Waals surface area contributed by atoms with Crippen LogP contribution in [0.15, 0.2) is 64.8 Å². The molecular formula is C17H15ClN4O4S. The Bertz CT molecular complexity index is 1080. The smallest absolute Gasteiger partial charge is 0.407 e. The van der Waals surface area contributed by atoms with E-state index < -0.39 is 15.9 Å². The number of pyridine rings is 1. The van der Waals surface area contributed by atoms with Crippen molar-refractivity contribution in [3.63, 3.8) is 0 Å². The maximum Gasteiger partial charge on any atom is 0.407 e. The molecule has 0 fully saturated rings. The van der Waals surface area contributed by atoms with Gasteiger partial charge in [-0.2, -0.15) is 5.10 Å². The first kappa shape index (κ1) is 18.9. The summed E-state index contributed by atoms with van der Waals surface area (Å²) in [7, 11) is -2.59. The van der Waals surface area contributed by atoms with Crippen LogP contribution in [0, 0.1) is 0 Å². The summed E-state index contributed by atoms with van der Waals surface area (Å²) >= 11 is 6.22. The number of rotatable bonds is 5. The van der Waals surface area contributed by atoms with Gasteiger partial charge in [0.15, 0.2) is 5.03 Å². The predicted molar refractivity (Wildman–Crippen MR) is 97.8 cm³/mol. The molecule has 0 unspecified atom stereocenters. The number of hydrogen-bond acceptors (Lipinski definition) is 5. The molecule has 0 saturated carbocycles. The minimum Gasteiger partial charge on any atom is -0.465 e. The van der Waals surface area contributed by atoms with E-state index >= 15 is 0 Å². The van der Waals surface area contributed by atoms with Crippen LogP contribution in [-0.2, 0) is 16.4 Å². The molecule has 3 rings (SSSR count). The molecule has 1 amide bonds. The summed E-state index contributed by atoms with van der Waals surface area (Å²) in [5.41, 5.74) is 0.633. The molecule has 0 saturated heterocycles. The number of nitrogens with zero attached hydrogens (tertiary/aromatic N) is 4. The zero-order valence-electron chi connectivity index (χ0n) is 14.2. The van der Waals surface area contributed by atoms with Crippen LogP contribution in [0.3, 0.4) is 0 Å². The number of halogens is 1. The van der Waals surface area contributed by atoms with E-state index in [1.54, 1.807) is 24.3 Å². The van der Waals surface area contributed by atoms with Gasteiger partial charge in [-0.25, -0.2) is 17.9 Å². The van der Waals surface area contributed by atoms with E-state index in [1.165, 1.54) is 42.3 Å². The Hall–Kier alpha value is -2.91. The molecule has 2 aromatic heterocycles. The summed E-state index contributed by atoms with van der Waals surface area (Å²) < 4.78 is 27.4. The Balaban J connectivity index is 2.18. The van der Waals surface area contributed by atoms with Gasteiger partial charge in [0, 0.05) is 25.5 Å². The van der Waals surface area contributed by atoms with Crippen LogP contribution >= 0.6 is 11.6 Å². The first-order valence-electron chi connectivity index (χ1n) is 7.73. The van der Waals surface area contributed by atoms with Gasteiger partial charge in [0.25, 0.3) is 0 Å². The van der Waals surface area contributed by atoms with E-state index in [0.717, 1.165) is 4.90 Å². The van der Waals surface area contributed by atoms with Gasteiger partial charge in [-0.1, -0.05) is 23.7 Å². The van der Waals surface area contributed by atoms with Crippen molar-refractivity contribution in [1.82, 2.24) is 19.7 Å². The fourth-order valence-electron chi connectivity index (χ4n) is 2.41. The zero-order chi connectivity index (χ0) is 19.6. The number of hydrogen-bond donors (Lipinski definition) is 1. The number of carbonyl (C=O) groups is 1. The highest BCUT2D eigenvalue weighted by atomic mass is 35.5. The SMILES string of the molecule is CN(Cc1cc(S(=O)(=O)c2cccnc2)n(-c2ccccc2Cl)n1)C(=O)O. The second-order valence-electron chi connectivity index (χ2n) is 5.67. The van der Waals surface area contributed by atoms with Crippen LogP contribution < -0.4 is 0 Å². The van der Waals surface area contributed by atoms with Gasteiger partial charge in [-0.3, -0.25) is 4.98 Å². The number of aromatic nitrogens is 3. The molecule has 8 nitrogen and oxygen atoms in total. The highest BCUT2D eigenvalue weighted by molar-refractivity contribution is 7.91. The highest BCUT2D eigenvalue weighted by Gasteiger charge is 2.26. The Kier molecular flexibility index (Phi) is 5.15. The fourth-order valence-corrected chi connectivity index (χ4v) is 3.99. The summed E-state index contributed by atoms with van der Waals surface area (Å²) in [5.74, 6) is 0. The van der Waals surface area contributed by atoms with Crippen molar-refractivity contribution in [2.45, 2.75) is 16.5 Å². The van der Waals surface area contributed by atoms with E-state index in [9.17, 15) is 13.2 Å². The van der Waals surface area contributed by atoms with Crippen molar-refractivity contribution in [2.75, 3.05) is 7.05 Å². The van der Waals surface area contributed by atoms with Crippen LogP contribution in [-0.4, -0.2) is 46.3 Å². The van der Waals surface area contributed by atoms with Crippen molar-refractivity contribution in [2.24, 2.45) is 0 Å². The molecular weight excluding hydrogens is 392 g/mol. The summed E-state index contributed by atoms with van der Waals surface area (Å²) in [6.07, 6.45) is 1.55. The standard InChI is InChI=1S/C17H15ClN4O4S/c1-21(17(23)24)11-12-9-16(27(25,26)13-5-4-8-19-10-13)22(20-12)15-7-3-2-6-14(15)18/h2-10H,11H2,1H3,(H,23,24). The second kappa shape index (κ2) is 7.37. The molecule has 0 aliphatic heterocycles. The lowest BCUT2D eigenvalue weighted by Crippen LogP contribution is -2.24. The normalized spacial score (nSPS) is 11.3. The summed E-state index contributed by atoms with van der Waals surface area (Å²) in [4.78, 5) is 15.9. The molecule has 27 heavy (non-hydrogen) atoms. The van der Waals surface area contributed by atoms with Gasteiger partial charge in [0.2, 0.25) is 9.84 Å². The van der Waals surface area contributed by atoms with Crippen LogP contribution in [0.4, 0.5) is 4.79 Å². The van der Waals surface area contributed by atoms with Gasteiger partial charge < -0.3 is 10.0 Å². The first-order chi connectivity index (χ1) is 12.8. The molecule has 0 bridgehead atoms. The van der Waals surface area contributed by atoms with E-state index in [1.807, 2.05) is 0 Å². The lowest BCUT2D eigenvalue weighted by Gasteiger charge is -2.10. The molecule has 3 aromatic rings. The summed E-state index contributed by atoms with van der Waals surface area (Å²) in [6, 6.07) is 10.9. The van der Waals surface area contributed by atoms with Crippen molar-refractivity contribution in [1.29, 1.82) is 0 Å². The zero-order valence-corrected chi connectivity index (χ0v) is 15.7. The Labute approximate surface area is 160 Å². The third-order valence-corrected chi connectivity index (χ3v) is 5.78.